The number of hydrogen-bond acceptors (Lipinski definition) is 3. The van der Waals surface area contributed by atoms with Crippen LogP contribution in [0, 0.1) is 11.2 Å². The minimum Gasteiger partial charge on any atom is -0.481 e. The van der Waals surface area contributed by atoms with E-state index >= 15 is 0 Å². The van der Waals surface area contributed by atoms with Crippen LogP contribution >= 0.6 is 0 Å². The number of aliphatic carboxylic acids is 1. The third kappa shape index (κ3) is 3.32. The molecule has 0 aromatic heterocycles. The Bertz CT molecular complexity index is 542. The number of carboxylic acids is 1. The molecule has 6 heteroatoms. The highest BCUT2D eigenvalue weighted by atomic mass is 19.1. The molecule has 0 spiro atoms. The van der Waals surface area contributed by atoms with E-state index in [-0.39, 0.29) is 12.3 Å². The highest BCUT2D eigenvalue weighted by molar-refractivity contribution is 5.82. The maximum atomic E-state index is 13.4. The summed E-state index contributed by atoms with van der Waals surface area (Å²) < 4.78 is 18.7. The normalized spacial score (nSPS) is 17.4. The topological polar surface area (TPSA) is 75.6 Å². The van der Waals surface area contributed by atoms with Crippen molar-refractivity contribution in [3.8, 4) is 5.75 Å². The van der Waals surface area contributed by atoms with Crippen LogP contribution in [0.2, 0.25) is 0 Å². The summed E-state index contributed by atoms with van der Waals surface area (Å²) in [6, 6.07) is 5.81. The molecule has 0 bridgehead atoms. The SMILES string of the molecule is CC(Oc1ccccc1F)C(=O)NCC1(C(=O)O)CCC1. The molecule has 1 aromatic carbocycles. The van der Waals surface area contributed by atoms with Gasteiger partial charge in [-0.3, -0.25) is 9.59 Å². The van der Waals surface area contributed by atoms with Crippen LogP contribution in [-0.2, 0) is 9.59 Å². The molecule has 0 aliphatic heterocycles. The molecule has 5 nitrogen and oxygen atoms in total. The molecule has 114 valence electrons. The van der Waals surface area contributed by atoms with E-state index in [0.717, 1.165) is 6.42 Å². The summed E-state index contributed by atoms with van der Waals surface area (Å²) in [6.07, 6.45) is 1.08. The number of rotatable bonds is 6. The van der Waals surface area contributed by atoms with E-state index in [0.29, 0.717) is 12.8 Å². The second-order valence-electron chi connectivity index (χ2n) is 5.35. The van der Waals surface area contributed by atoms with Crippen molar-refractivity contribution in [2.24, 2.45) is 5.41 Å². The zero-order valence-corrected chi connectivity index (χ0v) is 11.8. The van der Waals surface area contributed by atoms with Crippen LogP contribution in [0.25, 0.3) is 0 Å². The first kappa shape index (κ1) is 15.3. The fraction of sp³-hybridized carbons (Fsp3) is 0.467. The second-order valence-corrected chi connectivity index (χ2v) is 5.35. The molecule has 1 fully saturated rings. The number of carboxylic acid groups (broad SMARTS) is 1. The Hall–Kier alpha value is -2.11. The van der Waals surface area contributed by atoms with Crippen molar-refractivity contribution in [3.05, 3.63) is 30.1 Å². The van der Waals surface area contributed by atoms with Crippen molar-refractivity contribution in [2.45, 2.75) is 32.3 Å². The standard InChI is InChI=1S/C15H18FNO4/c1-10(21-12-6-3-2-5-11(12)16)13(18)17-9-15(14(19)20)7-4-8-15/h2-3,5-6,10H,4,7-9H2,1H3,(H,17,18)(H,19,20). The lowest BCUT2D eigenvalue weighted by Gasteiger charge is -2.37. The van der Waals surface area contributed by atoms with Gasteiger partial charge in [-0.05, 0) is 31.9 Å². The largest absolute Gasteiger partial charge is 0.481 e. The van der Waals surface area contributed by atoms with Gasteiger partial charge in [-0.1, -0.05) is 18.6 Å². The Morgan fingerprint density at radius 1 is 1.43 bits per heavy atom. The molecule has 0 saturated heterocycles. The molecule has 1 saturated carbocycles. The summed E-state index contributed by atoms with van der Waals surface area (Å²) in [7, 11) is 0. The number of para-hydroxylation sites is 1. The average molecular weight is 295 g/mol. The van der Waals surface area contributed by atoms with Gasteiger partial charge < -0.3 is 15.2 Å². The van der Waals surface area contributed by atoms with E-state index in [1.165, 1.54) is 25.1 Å². The van der Waals surface area contributed by atoms with Crippen molar-refractivity contribution in [1.29, 1.82) is 0 Å². The fourth-order valence-corrected chi connectivity index (χ4v) is 2.25. The molecular weight excluding hydrogens is 277 g/mol. The third-order valence-corrected chi connectivity index (χ3v) is 3.87. The molecule has 0 radical (unpaired) electrons. The molecule has 1 aliphatic rings. The summed E-state index contributed by atoms with van der Waals surface area (Å²) in [5.74, 6) is -1.89. The van der Waals surface area contributed by atoms with Crippen LogP contribution < -0.4 is 10.1 Å². The molecule has 1 unspecified atom stereocenters. The van der Waals surface area contributed by atoms with E-state index in [1.54, 1.807) is 6.07 Å². The minimum atomic E-state index is -0.896. The number of carbonyl (C=O) groups is 2. The smallest absolute Gasteiger partial charge is 0.311 e. The molecule has 0 heterocycles. The van der Waals surface area contributed by atoms with E-state index in [1.807, 2.05) is 0 Å². The summed E-state index contributed by atoms with van der Waals surface area (Å²) in [6.45, 7) is 1.57. The number of hydrogen-bond donors (Lipinski definition) is 2. The van der Waals surface area contributed by atoms with Crippen LogP contribution in [0.5, 0.6) is 5.75 Å². The molecule has 1 aromatic rings. The minimum absolute atomic E-state index is 0.00302. The second kappa shape index (κ2) is 6.11. The molecule has 1 aliphatic carbocycles. The number of carbonyl (C=O) groups excluding carboxylic acids is 1. The Morgan fingerprint density at radius 2 is 2.10 bits per heavy atom. The van der Waals surface area contributed by atoms with Gasteiger partial charge in [0.2, 0.25) is 0 Å². The predicted molar refractivity (Wildman–Crippen MR) is 73.4 cm³/mol. The van der Waals surface area contributed by atoms with Crippen molar-refractivity contribution in [2.75, 3.05) is 6.54 Å². The highest BCUT2D eigenvalue weighted by Crippen LogP contribution is 2.40. The van der Waals surface area contributed by atoms with Gasteiger partial charge in [0.05, 0.1) is 5.41 Å². The van der Waals surface area contributed by atoms with Crippen molar-refractivity contribution in [3.63, 3.8) is 0 Å². The van der Waals surface area contributed by atoms with Crippen molar-refractivity contribution < 1.29 is 23.8 Å². The first-order valence-corrected chi connectivity index (χ1v) is 6.87. The van der Waals surface area contributed by atoms with Gasteiger partial charge >= 0.3 is 5.97 Å². The molecule has 2 N–H and O–H groups in total. The molecule has 1 amide bonds. The monoisotopic (exact) mass is 295 g/mol. The lowest BCUT2D eigenvalue weighted by molar-refractivity contribution is -0.154. The maximum absolute atomic E-state index is 13.4. The van der Waals surface area contributed by atoms with Gasteiger partial charge in [0.15, 0.2) is 17.7 Å². The lowest BCUT2D eigenvalue weighted by Crippen LogP contribution is -2.49. The lowest BCUT2D eigenvalue weighted by atomic mass is 9.69. The van der Waals surface area contributed by atoms with E-state index in [4.69, 9.17) is 4.74 Å². The van der Waals surface area contributed by atoms with Gasteiger partial charge in [-0.15, -0.1) is 0 Å². The number of amides is 1. The highest BCUT2D eigenvalue weighted by Gasteiger charge is 2.44. The Kier molecular flexibility index (Phi) is 4.45. The van der Waals surface area contributed by atoms with Crippen molar-refractivity contribution >= 4 is 11.9 Å². The number of ether oxygens (including phenoxy) is 1. The third-order valence-electron chi connectivity index (χ3n) is 3.87. The average Bonchev–Trinajstić information content (AvgIpc) is 2.39. The Labute approximate surface area is 122 Å². The Balaban J connectivity index is 1.88. The van der Waals surface area contributed by atoms with E-state index in [2.05, 4.69) is 5.32 Å². The summed E-state index contributed by atoms with van der Waals surface area (Å²) in [5.41, 5.74) is -0.854. The van der Waals surface area contributed by atoms with Gasteiger partial charge in [-0.25, -0.2) is 4.39 Å². The number of benzene rings is 1. The van der Waals surface area contributed by atoms with E-state index < -0.39 is 29.2 Å². The molecule has 1 atom stereocenters. The van der Waals surface area contributed by atoms with Crippen LogP contribution in [0.4, 0.5) is 4.39 Å². The number of nitrogens with one attached hydrogen (secondary N) is 1. The van der Waals surface area contributed by atoms with Crippen LogP contribution in [0.3, 0.4) is 0 Å². The summed E-state index contributed by atoms with van der Waals surface area (Å²) in [4.78, 5) is 23.1. The van der Waals surface area contributed by atoms with Gasteiger partial charge in [0.1, 0.15) is 0 Å². The van der Waals surface area contributed by atoms with Crippen LogP contribution in [0.15, 0.2) is 24.3 Å². The summed E-state index contributed by atoms with van der Waals surface area (Å²) >= 11 is 0. The first-order valence-electron chi connectivity index (χ1n) is 6.87. The zero-order chi connectivity index (χ0) is 15.5. The summed E-state index contributed by atoms with van der Waals surface area (Å²) in [5, 5.41) is 11.8. The first-order chi connectivity index (χ1) is 9.94. The fourth-order valence-electron chi connectivity index (χ4n) is 2.25. The van der Waals surface area contributed by atoms with Gasteiger partial charge in [0, 0.05) is 6.54 Å². The number of halogens is 1. The predicted octanol–water partition coefficient (Wildman–Crippen LogP) is 1.96. The molecule has 2 rings (SSSR count). The van der Waals surface area contributed by atoms with Crippen molar-refractivity contribution in [1.82, 2.24) is 5.32 Å². The molecular formula is C15H18FNO4. The van der Waals surface area contributed by atoms with Crippen LogP contribution in [0.1, 0.15) is 26.2 Å². The maximum Gasteiger partial charge on any atom is 0.311 e. The van der Waals surface area contributed by atoms with Gasteiger partial charge in [-0.2, -0.15) is 0 Å². The van der Waals surface area contributed by atoms with E-state index in [9.17, 15) is 19.1 Å². The quantitative estimate of drug-likeness (QED) is 0.841. The zero-order valence-electron chi connectivity index (χ0n) is 11.8. The Morgan fingerprint density at radius 3 is 2.62 bits per heavy atom. The van der Waals surface area contributed by atoms with Gasteiger partial charge in [0.25, 0.3) is 5.91 Å². The van der Waals surface area contributed by atoms with Crippen LogP contribution in [-0.4, -0.2) is 29.6 Å². The molecule has 21 heavy (non-hydrogen) atoms.